The second-order valence-electron chi connectivity index (χ2n) is 5.53. The number of ether oxygens (including phenoxy) is 2. The fraction of sp³-hybridized carbons (Fsp3) is 0.467. The smallest absolute Gasteiger partial charge is 0.306 e. The van der Waals surface area contributed by atoms with E-state index in [0.717, 1.165) is 0 Å². The highest BCUT2D eigenvalue weighted by molar-refractivity contribution is 7.91. The second kappa shape index (κ2) is 7.85. The normalized spacial score (nSPS) is 18.8. The van der Waals surface area contributed by atoms with Crippen molar-refractivity contribution >= 4 is 39.0 Å². The van der Waals surface area contributed by atoms with Crippen molar-refractivity contribution in [2.45, 2.75) is 12.8 Å². The molecule has 1 N–H and O–H groups in total. The third kappa shape index (κ3) is 5.38. The Balaban J connectivity index is 1.76. The molecular weight excluding hydrogens is 358 g/mol. The topological polar surface area (TPSA) is 98.8 Å². The summed E-state index contributed by atoms with van der Waals surface area (Å²) in [6.07, 6.45) is 0.453. The summed E-state index contributed by atoms with van der Waals surface area (Å²) in [6, 6.07) is 4.72. The lowest BCUT2D eigenvalue weighted by Gasteiger charge is -2.10. The van der Waals surface area contributed by atoms with Gasteiger partial charge in [0.15, 0.2) is 16.4 Å². The van der Waals surface area contributed by atoms with Crippen molar-refractivity contribution in [1.29, 1.82) is 0 Å². The number of nitrogens with one attached hydrogen (secondary N) is 1. The third-order valence-corrected chi connectivity index (χ3v) is 5.71. The molecule has 1 aliphatic rings. The maximum atomic E-state index is 11.8. The van der Waals surface area contributed by atoms with E-state index >= 15 is 0 Å². The Kier molecular flexibility index (Phi) is 6.06. The number of anilines is 1. The van der Waals surface area contributed by atoms with E-state index in [4.69, 9.17) is 21.1 Å². The Morgan fingerprint density at radius 1 is 1.38 bits per heavy atom. The molecule has 2 rings (SSSR count). The zero-order chi connectivity index (χ0) is 17.7. The van der Waals surface area contributed by atoms with Gasteiger partial charge in [-0.25, -0.2) is 8.42 Å². The Labute approximate surface area is 145 Å². The van der Waals surface area contributed by atoms with Crippen molar-refractivity contribution in [3.05, 3.63) is 23.2 Å². The van der Waals surface area contributed by atoms with Crippen molar-refractivity contribution in [2.75, 3.05) is 30.5 Å². The zero-order valence-corrected chi connectivity index (χ0v) is 14.7. The largest absolute Gasteiger partial charge is 0.495 e. The average molecular weight is 376 g/mol. The van der Waals surface area contributed by atoms with Crippen LogP contribution in [0.1, 0.15) is 12.8 Å². The van der Waals surface area contributed by atoms with E-state index in [1.54, 1.807) is 12.1 Å². The van der Waals surface area contributed by atoms with Crippen LogP contribution in [0.5, 0.6) is 5.75 Å². The highest BCUT2D eigenvalue weighted by Gasteiger charge is 2.29. The van der Waals surface area contributed by atoms with Crippen LogP contribution in [0.4, 0.5) is 5.69 Å². The third-order valence-electron chi connectivity index (χ3n) is 3.58. The number of halogens is 1. The summed E-state index contributed by atoms with van der Waals surface area (Å²) in [4.78, 5) is 23.4. The SMILES string of the molecule is COc1ccc(NC(=O)COC(=O)C[C@H]2CCS(=O)(=O)C2)cc1Cl. The maximum absolute atomic E-state index is 11.8. The first-order valence-corrected chi connectivity index (χ1v) is 9.48. The monoisotopic (exact) mass is 375 g/mol. The van der Waals surface area contributed by atoms with Gasteiger partial charge in [-0.2, -0.15) is 0 Å². The standard InChI is InChI=1S/C15H18ClNO6S/c1-22-13-3-2-11(7-12(13)16)17-14(18)8-23-15(19)6-10-4-5-24(20,21)9-10/h2-3,7,10H,4-6,8-9H2,1H3,(H,17,18)/t10-/m1/s1. The van der Waals surface area contributed by atoms with Crippen molar-refractivity contribution in [3.8, 4) is 5.75 Å². The highest BCUT2D eigenvalue weighted by Crippen LogP contribution is 2.27. The second-order valence-corrected chi connectivity index (χ2v) is 8.17. The van der Waals surface area contributed by atoms with Gasteiger partial charge < -0.3 is 14.8 Å². The molecular formula is C15H18ClNO6S. The van der Waals surface area contributed by atoms with E-state index in [1.165, 1.54) is 13.2 Å². The van der Waals surface area contributed by atoms with Gasteiger partial charge in [0.25, 0.3) is 5.91 Å². The van der Waals surface area contributed by atoms with E-state index in [9.17, 15) is 18.0 Å². The number of carbonyl (C=O) groups is 2. The molecule has 24 heavy (non-hydrogen) atoms. The molecule has 1 saturated heterocycles. The summed E-state index contributed by atoms with van der Waals surface area (Å²) in [5.74, 6) is -0.746. The van der Waals surface area contributed by atoms with Crippen LogP contribution in [-0.4, -0.2) is 45.5 Å². The van der Waals surface area contributed by atoms with Crippen LogP contribution in [-0.2, 0) is 24.2 Å². The molecule has 0 saturated carbocycles. The van der Waals surface area contributed by atoms with Gasteiger partial charge in [-0.3, -0.25) is 9.59 Å². The maximum Gasteiger partial charge on any atom is 0.306 e. The number of amides is 1. The molecule has 0 radical (unpaired) electrons. The number of hydrogen-bond donors (Lipinski definition) is 1. The summed E-state index contributed by atoms with van der Waals surface area (Å²) in [5.41, 5.74) is 0.448. The summed E-state index contributed by atoms with van der Waals surface area (Å²) in [7, 11) is -1.55. The van der Waals surface area contributed by atoms with Crippen LogP contribution >= 0.6 is 11.6 Å². The van der Waals surface area contributed by atoms with Gasteiger partial charge in [0.2, 0.25) is 0 Å². The molecule has 0 aliphatic carbocycles. The van der Waals surface area contributed by atoms with Crippen molar-refractivity contribution in [2.24, 2.45) is 5.92 Å². The van der Waals surface area contributed by atoms with Gasteiger partial charge >= 0.3 is 5.97 Å². The molecule has 1 aliphatic heterocycles. The quantitative estimate of drug-likeness (QED) is 0.759. The number of hydrogen-bond acceptors (Lipinski definition) is 6. The average Bonchev–Trinajstić information content (AvgIpc) is 2.84. The molecule has 1 aromatic rings. The van der Waals surface area contributed by atoms with Crippen LogP contribution < -0.4 is 10.1 Å². The number of rotatable bonds is 6. The van der Waals surface area contributed by atoms with Crippen molar-refractivity contribution < 1.29 is 27.5 Å². The number of methoxy groups -OCH3 is 1. The lowest BCUT2D eigenvalue weighted by atomic mass is 10.1. The van der Waals surface area contributed by atoms with E-state index in [0.29, 0.717) is 22.9 Å². The van der Waals surface area contributed by atoms with Gasteiger partial charge in [-0.05, 0) is 30.5 Å². The molecule has 132 valence electrons. The molecule has 9 heteroatoms. The van der Waals surface area contributed by atoms with Gasteiger partial charge in [0.1, 0.15) is 5.75 Å². The number of carbonyl (C=O) groups excluding carboxylic acids is 2. The Bertz CT molecular complexity index is 733. The number of esters is 1. The summed E-state index contributed by atoms with van der Waals surface area (Å²) in [6.45, 7) is -0.443. The molecule has 1 fully saturated rings. The lowest BCUT2D eigenvalue weighted by molar-refractivity contribution is -0.148. The molecule has 1 atom stereocenters. The van der Waals surface area contributed by atoms with E-state index < -0.39 is 28.3 Å². The minimum absolute atomic E-state index is 0.000867. The van der Waals surface area contributed by atoms with Crippen LogP contribution in [0.3, 0.4) is 0 Å². The molecule has 1 heterocycles. The fourth-order valence-corrected chi connectivity index (χ4v) is 4.53. The summed E-state index contributed by atoms with van der Waals surface area (Å²) >= 11 is 5.95. The van der Waals surface area contributed by atoms with Gasteiger partial charge in [0.05, 0.1) is 23.6 Å². The van der Waals surface area contributed by atoms with Crippen molar-refractivity contribution in [3.63, 3.8) is 0 Å². The van der Waals surface area contributed by atoms with Crippen LogP contribution in [0.2, 0.25) is 5.02 Å². The van der Waals surface area contributed by atoms with Crippen LogP contribution in [0, 0.1) is 5.92 Å². The van der Waals surface area contributed by atoms with E-state index in [2.05, 4.69) is 5.32 Å². The van der Waals surface area contributed by atoms with Crippen molar-refractivity contribution in [1.82, 2.24) is 0 Å². The van der Waals surface area contributed by atoms with Crippen LogP contribution in [0.25, 0.3) is 0 Å². The molecule has 0 spiro atoms. The minimum atomic E-state index is -3.03. The molecule has 0 aromatic heterocycles. The molecule has 0 unspecified atom stereocenters. The van der Waals surface area contributed by atoms with Gasteiger partial charge in [-0.15, -0.1) is 0 Å². The van der Waals surface area contributed by atoms with Crippen LogP contribution in [0.15, 0.2) is 18.2 Å². The fourth-order valence-electron chi connectivity index (χ4n) is 2.41. The Morgan fingerprint density at radius 2 is 2.12 bits per heavy atom. The zero-order valence-electron chi connectivity index (χ0n) is 13.1. The minimum Gasteiger partial charge on any atom is -0.495 e. The first kappa shape index (κ1) is 18.5. The Hall–Kier alpha value is -1.80. The summed E-state index contributed by atoms with van der Waals surface area (Å²) < 4.78 is 32.5. The van der Waals surface area contributed by atoms with Gasteiger partial charge in [0, 0.05) is 12.1 Å². The van der Waals surface area contributed by atoms with E-state index in [-0.39, 0.29) is 23.8 Å². The molecule has 1 amide bonds. The molecule has 1 aromatic carbocycles. The van der Waals surface area contributed by atoms with Gasteiger partial charge in [-0.1, -0.05) is 11.6 Å². The highest BCUT2D eigenvalue weighted by atomic mass is 35.5. The van der Waals surface area contributed by atoms with E-state index in [1.807, 2.05) is 0 Å². The lowest BCUT2D eigenvalue weighted by Crippen LogP contribution is -2.22. The Morgan fingerprint density at radius 3 is 2.71 bits per heavy atom. The first-order chi connectivity index (χ1) is 11.3. The number of benzene rings is 1. The molecule has 7 nitrogen and oxygen atoms in total. The summed E-state index contributed by atoms with van der Waals surface area (Å²) in [5, 5.41) is 2.89. The number of sulfone groups is 1. The predicted molar refractivity (Wildman–Crippen MR) is 89.0 cm³/mol. The predicted octanol–water partition coefficient (Wildman–Crippen LogP) is 1.66. The first-order valence-electron chi connectivity index (χ1n) is 7.28. The molecule has 0 bridgehead atoms.